The largest absolute Gasteiger partial charge is 0.474 e. The highest BCUT2D eigenvalue weighted by Gasteiger charge is 2.38. The molecule has 0 unspecified atom stereocenters. The van der Waals surface area contributed by atoms with E-state index >= 15 is 0 Å². The molecule has 0 bridgehead atoms. The number of amides is 1. The van der Waals surface area contributed by atoms with E-state index in [9.17, 15) is 28.0 Å². The molecule has 1 amide bonds. The number of aromatic nitrogens is 2. The summed E-state index contributed by atoms with van der Waals surface area (Å²) in [6.45, 7) is 10.3. The average molecular weight is 704 g/mol. The normalized spacial score (nSPS) is 22.4. The lowest BCUT2D eigenvalue weighted by Gasteiger charge is -2.38. The van der Waals surface area contributed by atoms with Gasteiger partial charge in [-0.05, 0) is 61.1 Å². The van der Waals surface area contributed by atoms with Gasteiger partial charge in [0.05, 0.1) is 30.0 Å². The summed E-state index contributed by atoms with van der Waals surface area (Å²) >= 11 is 0. The summed E-state index contributed by atoms with van der Waals surface area (Å²) in [6, 6.07) is 5.62. The van der Waals surface area contributed by atoms with E-state index in [1.807, 2.05) is 4.90 Å². The number of nitrogens with zero attached hydrogens (tertiary/aromatic N) is 6. The molecule has 2 fully saturated rings. The minimum absolute atomic E-state index is 0.0185. The number of hydrogen-bond acceptors (Lipinski definition) is 11. The summed E-state index contributed by atoms with van der Waals surface area (Å²) in [5.74, 6) is -3.37. The minimum atomic E-state index is -1.58. The number of ether oxygens (including phenoxy) is 3. The molecule has 5 atom stereocenters. The number of halogens is 3. The zero-order valence-electron chi connectivity index (χ0n) is 29.3. The molecular formula is C34H44F3N7O6. The van der Waals surface area contributed by atoms with Crippen molar-refractivity contribution in [2.75, 3.05) is 20.1 Å². The number of carbonyl (C=O) groups excluding carboxylic acids is 2. The van der Waals surface area contributed by atoms with Gasteiger partial charge in [-0.2, -0.15) is 15.2 Å². The molecule has 3 heterocycles. The monoisotopic (exact) mass is 703 g/mol. The van der Waals surface area contributed by atoms with Crippen molar-refractivity contribution in [1.82, 2.24) is 19.8 Å². The maximum absolute atomic E-state index is 14.5. The van der Waals surface area contributed by atoms with E-state index in [4.69, 9.17) is 24.8 Å². The standard InChI is InChI=1S/C34H44F3N7O6/c1-19(26-15-21(36)18-43(26)7)47-27-17-28(48-23-11-13-44(22(16-23)10-12-38)32(46)49-33(2,3)4)41-30(40-27)29(39)42-50-31(45)34(5,6)24-9-8-20(35)14-25(24)37/h8-9,14,17,19,21-23,26H,10-11,13,15-16,18H2,1-7H3,(H2,39,42)/t19-,21+,22+,23-,26-/m0/s1. The molecule has 50 heavy (non-hydrogen) atoms. The van der Waals surface area contributed by atoms with Gasteiger partial charge in [-0.25, -0.2) is 22.8 Å². The number of oxime groups is 1. The van der Waals surface area contributed by atoms with Crippen molar-refractivity contribution < 1.29 is 41.8 Å². The molecule has 0 radical (unpaired) electrons. The number of nitriles is 1. The van der Waals surface area contributed by atoms with Crippen LogP contribution in [0.5, 0.6) is 11.8 Å². The molecule has 2 aromatic rings. The highest BCUT2D eigenvalue weighted by atomic mass is 19.1. The summed E-state index contributed by atoms with van der Waals surface area (Å²) in [4.78, 5) is 43.0. The van der Waals surface area contributed by atoms with Crippen LogP contribution in [0, 0.1) is 23.0 Å². The highest BCUT2D eigenvalue weighted by Crippen LogP contribution is 2.30. The number of likely N-dealkylation sites (N-methyl/N-ethyl adjacent to an activating group) is 1. The van der Waals surface area contributed by atoms with Crippen LogP contribution in [-0.2, 0) is 19.8 Å². The van der Waals surface area contributed by atoms with E-state index in [0.717, 1.165) is 12.1 Å². The molecule has 16 heteroatoms. The van der Waals surface area contributed by atoms with Crippen molar-refractivity contribution in [3.05, 3.63) is 47.3 Å². The second kappa shape index (κ2) is 15.5. The van der Waals surface area contributed by atoms with Crippen molar-refractivity contribution >= 4 is 17.9 Å². The molecule has 1 aromatic heterocycles. The zero-order valence-corrected chi connectivity index (χ0v) is 29.3. The van der Waals surface area contributed by atoms with Crippen molar-refractivity contribution in [3.8, 4) is 17.8 Å². The number of benzene rings is 1. The van der Waals surface area contributed by atoms with E-state index in [1.54, 1.807) is 34.7 Å². The van der Waals surface area contributed by atoms with Crippen LogP contribution in [0.1, 0.15) is 78.6 Å². The van der Waals surface area contributed by atoms with Gasteiger partial charge in [0.15, 0.2) is 0 Å². The molecule has 13 nitrogen and oxygen atoms in total. The predicted octanol–water partition coefficient (Wildman–Crippen LogP) is 4.77. The van der Waals surface area contributed by atoms with Crippen molar-refractivity contribution in [2.45, 2.75) is 109 Å². The van der Waals surface area contributed by atoms with Crippen LogP contribution < -0.4 is 15.2 Å². The Kier molecular flexibility index (Phi) is 11.8. The first-order valence-electron chi connectivity index (χ1n) is 16.3. The van der Waals surface area contributed by atoms with Gasteiger partial charge >= 0.3 is 12.1 Å². The fraction of sp³-hybridized carbons (Fsp3) is 0.588. The lowest BCUT2D eigenvalue weighted by Crippen LogP contribution is -2.50. The molecular weight excluding hydrogens is 659 g/mol. The van der Waals surface area contributed by atoms with E-state index in [2.05, 4.69) is 21.2 Å². The first kappa shape index (κ1) is 38.2. The van der Waals surface area contributed by atoms with Crippen LogP contribution in [-0.4, -0.2) is 93.9 Å². The van der Waals surface area contributed by atoms with E-state index in [1.165, 1.54) is 24.8 Å². The van der Waals surface area contributed by atoms with Gasteiger partial charge in [-0.3, -0.25) is 4.90 Å². The third-order valence-electron chi connectivity index (χ3n) is 8.56. The number of carbonyl (C=O) groups is 2. The Balaban J connectivity index is 1.58. The number of nitrogens with two attached hydrogens (primary N) is 1. The van der Waals surface area contributed by atoms with Gasteiger partial charge in [0.25, 0.3) is 0 Å². The van der Waals surface area contributed by atoms with Gasteiger partial charge in [-0.1, -0.05) is 11.2 Å². The lowest BCUT2D eigenvalue weighted by atomic mass is 9.84. The van der Waals surface area contributed by atoms with Gasteiger partial charge in [0, 0.05) is 43.6 Å². The second-order valence-electron chi connectivity index (χ2n) is 14.1. The Labute approximate surface area is 289 Å². The number of alkyl halides is 1. The Bertz CT molecular complexity index is 1630. The average Bonchev–Trinajstić information content (AvgIpc) is 3.36. The first-order chi connectivity index (χ1) is 23.4. The van der Waals surface area contributed by atoms with Crippen molar-refractivity contribution in [2.24, 2.45) is 10.9 Å². The van der Waals surface area contributed by atoms with Crippen LogP contribution in [0.2, 0.25) is 0 Å². The molecule has 2 aliphatic heterocycles. The lowest BCUT2D eigenvalue weighted by molar-refractivity contribution is -0.149. The minimum Gasteiger partial charge on any atom is -0.474 e. The van der Waals surface area contributed by atoms with E-state index < -0.39 is 65.0 Å². The van der Waals surface area contributed by atoms with Gasteiger partial charge in [0.1, 0.15) is 35.6 Å². The Morgan fingerprint density at radius 3 is 2.46 bits per heavy atom. The van der Waals surface area contributed by atoms with Crippen LogP contribution in [0.3, 0.4) is 0 Å². The Morgan fingerprint density at radius 1 is 1.14 bits per heavy atom. The molecule has 4 rings (SSSR count). The quantitative estimate of drug-likeness (QED) is 0.157. The first-order valence-corrected chi connectivity index (χ1v) is 16.3. The Hall–Kier alpha value is -4.65. The summed E-state index contributed by atoms with van der Waals surface area (Å²) < 4.78 is 60.0. The number of amidine groups is 1. The Morgan fingerprint density at radius 2 is 1.84 bits per heavy atom. The number of likely N-dealkylation sites (tertiary alicyclic amines) is 2. The van der Waals surface area contributed by atoms with Crippen LogP contribution >= 0.6 is 0 Å². The zero-order chi connectivity index (χ0) is 37.0. The summed E-state index contributed by atoms with van der Waals surface area (Å²) in [5, 5.41) is 13.2. The summed E-state index contributed by atoms with van der Waals surface area (Å²) in [7, 11) is 1.80. The molecule has 2 N–H and O–H groups in total. The molecule has 0 aliphatic carbocycles. The van der Waals surface area contributed by atoms with Gasteiger partial charge < -0.3 is 29.7 Å². The topological polar surface area (TPSA) is 165 Å². The molecule has 2 aliphatic rings. The summed E-state index contributed by atoms with van der Waals surface area (Å²) in [5.41, 5.74) is 3.76. The third kappa shape index (κ3) is 9.52. The fourth-order valence-electron chi connectivity index (χ4n) is 5.93. The molecule has 2 saturated heterocycles. The van der Waals surface area contributed by atoms with E-state index in [-0.39, 0.29) is 55.1 Å². The SMILES string of the molecule is C[C@H](Oc1cc(O[C@H]2CCN(C(=O)OC(C)(C)C)[C@H](CC#N)C2)nc(C(N)=NOC(=O)C(C)(C)c2ccc(F)cc2F)n1)[C@@H]1C[C@@H](F)CN1C. The van der Waals surface area contributed by atoms with E-state index in [0.29, 0.717) is 18.9 Å². The van der Waals surface area contributed by atoms with Crippen molar-refractivity contribution in [3.63, 3.8) is 0 Å². The predicted molar refractivity (Wildman–Crippen MR) is 175 cm³/mol. The second-order valence-corrected chi connectivity index (χ2v) is 14.1. The van der Waals surface area contributed by atoms with Gasteiger partial charge in [0.2, 0.25) is 23.4 Å². The number of piperidine rings is 1. The van der Waals surface area contributed by atoms with Crippen molar-refractivity contribution in [1.29, 1.82) is 5.26 Å². The number of hydrogen-bond donors (Lipinski definition) is 1. The highest BCUT2D eigenvalue weighted by molar-refractivity contribution is 5.94. The molecule has 1 aromatic carbocycles. The maximum Gasteiger partial charge on any atom is 0.410 e. The van der Waals surface area contributed by atoms with Crippen LogP contribution in [0.15, 0.2) is 29.4 Å². The molecule has 0 saturated carbocycles. The maximum atomic E-state index is 14.5. The third-order valence-corrected chi connectivity index (χ3v) is 8.56. The van der Waals surface area contributed by atoms with Crippen LogP contribution in [0.25, 0.3) is 0 Å². The fourth-order valence-corrected chi connectivity index (χ4v) is 5.93. The molecule has 0 spiro atoms. The smallest absolute Gasteiger partial charge is 0.410 e. The summed E-state index contributed by atoms with van der Waals surface area (Å²) in [6.07, 6.45) is -1.55. The van der Waals surface area contributed by atoms with Gasteiger partial charge in [-0.15, -0.1) is 0 Å². The molecule has 272 valence electrons. The number of rotatable bonds is 10. The van der Waals surface area contributed by atoms with Crippen LogP contribution in [0.4, 0.5) is 18.0 Å².